The van der Waals surface area contributed by atoms with E-state index in [4.69, 9.17) is 5.11 Å². The lowest BCUT2D eigenvalue weighted by atomic mass is 10.2. The van der Waals surface area contributed by atoms with Gasteiger partial charge in [0.05, 0.1) is 22.3 Å². The Morgan fingerprint density at radius 2 is 2.36 bits per heavy atom. The highest BCUT2D eigenvalue weighted by Gasteiger charge is 2.00. The molecule has 3 heteroatoms. The second kappa shape index (κ2) is 2.60. The van der Waals surface area contributed by atoms with E-state index in [1.54, 1.807) is 16.8 Å². The molecule has 0 amide bonds. The zero-order chi connectivity index (χ0) is 7.68. The van der Waals surface area contributed by atoms with Crippen LogP contribution >= 0.6 is 11.3 Å². The third kappa shape index (κ3) is 1.02. The summed E-state index contributed by atoms with van der Waals surface area (Å²) in [4.78, 5) is 4.13. The maximum absolute atomic E-state index is 8.93. The molecule has 1 aromatic carbocycles. The largest absolute Gasteiger partial charge is 0.392 e. The van der Waals surface area contributed by atoms with Gasteiger partial charge in [0.25, 0.3) is 0 Å². The normalized spacial score (nSPS) is 10.6. The van der Waals surface area contributed by atoms with Crippen molar-refractivity contribution in [1.82, 2.24) is 4.98 Å². The topological polar surface area (TPSA) is 33.1 Å². The van der Waals surface area contributed by atoms with E-state index in [2.05, 4.69) is 4.98 Å². The van der Waals surface area contributed by atoms with Gasteiger partial charge >= 0.3 is 0 Å². The number of aliphatic hydroxyl groups is 1. The van der Waals surface area contributed by atoms with Gasteiger partial charge in [0, 0.05) is 0 Å². The number of nitrogens with zero attached hydrogens (tertiary/aromatic N) is 1. The van der Waals surface area contributed by atoms with Crippen LogP contribution in [0, 0.1) is 0 Å². The summed E-state index contributed by atoms with van der Waals surface area (Å²) in [5.74, 6) is 0. The Balaban J connectivity index is 2.79. The first-order valence-electron chi connectivity index (χ1n) is 3.34. The average Bonchev–Trinajstić information content (AvgIpc) is 2.50. The van der Waals surface area contributed by atoms with Crippen molar-refractivity contribution in [2.75, 3.05) is 0 Å². The Kier molecular flexibility index (Phi) is 1.60. The number of hydrogen-bond acceptors (Lipinski definition) is 3. The fourth-order valence-corrected chi connectivity index (χ4v) is 1.87. The Morgan fingerprint density at radius 3 is 3.18 bits per heavy atom. The summed E-state index contributed by atoms with van der Waals surface area (Å²) in [5, 5.41) is 8.93. The molecule has 0 radical (unpaired) electrons. The van der Waals surface area contributed by atoms with E-state index in [1.807, 2.05) is 18.2 Å². The zero-order valence-corrected chi connectivity index (χ0v) is 6.64. The van der Waals surface area contributed by atoms with Crippen molar-refractivity contribution in [3.63, 3.8) is 0 Å². The number of thiazole rings is 1. The minimum atomic E-state index is 0.0968. The average molecular weight is 165 g/mol. The number of fused-ring (bicyclic) bond motifs is 1. The molecule has 1 aromatic heterocycles. The van der Waals surface area contributed by atoms with Crippen molar-refractivity contribution in [3.8, 4) is 0 Å². The molecule has 0 saturated heterocycles. The Labute approximate surface area is 68.1 Å². The van der Waals surface area contributed by atoms with Crippen molar-refractivity contribution in [2.45, 2.75) is 6.61 Å². The van der Waals surface area contributed by atoms with Crippen LogP contribution in [0.4, 0.5) is 0 Å². The lowest BCUT2D eigenvalue weighted by Gasteiger charge is -1.94. The zero-order valence-electron chi connectivity index (χ0n) is 5.82. The molecule has 0 aliphatic carbocycles. The van der Waals surface area contributed by atoms with Gasteiger partial charge in [0.1, 0.15) is 0 Å². The van der Waals surface area contributed by atoms with E-state index in [-0.39, 0.29) is 6.61 Å². The lowest BCUT2D eigenvalue weighted by Crippen LogP contribution is -1.81. The molecule has 0 spiro atoms. The first kappa shape index (κ1) is 6.76. The molecule has 0 saturated carbocycles. The van der Waals surface area contributed by atoms with Crippen LogP contribution < -0.4 is 0 Å². The van der Waals surface area contributed by atoms with E-state index in [1.165, 1.54) is 0 Å². The van der Waals surface area contributed by atoms with Gasteiger partial charge < -0.3 is 5.11 Å². The smallest absolute Gasteiger partial charge is 0.0815 e. The predicted octanol–water partition coefficient (Wildman–Crippen LogP) is 1.79. The quantitative estimate of drug-likeness (QED) is 0.698. The highest BCUT2D eigenvalue weighted by Crippen LogP contribution is 2.21. The lowest BCUT2D eigenvalue weighted by molar-refractivity contribution is 0.283. The summed E-state index contributed by atoms with van der Waals surface area (Å²) in [7, 11) is 0. The highest BCUT2D eigenvalue weighted by atomic mass is 32.1. The number of aromatic nitrogens is 1. The van der Waals surface area contributed by atoms with E-state index >= 15 is 0 Å². The Bertz CT molecular complexity index is 369. The van der Waals surface area contributed by atoms with Crippen molar-refractivity contribution < 1.29 is 5.11 Å². The molecule has 0 bridgehead atoms. The molecule has 1 N–H and O–H groups in total. The molecule has 56 valence electrons. The van der Waals surface area contributed by atoms with Gasteiger partial charge in [0.15, 0.2) is 0 Å². The van der Waals surface area contributed by atoms with Crippen LogP contribution in [0.1, 0.15) is 5.56 Å². The molecule has 0 fully saturated rings. The molecular weight excluding hydrogens is 158 g/mol. The molecule has 0 atom stereocenters. The summed E-state index contributed by atoms with van der Waals surface area (Å²) in [6.45, 7) is 0.0968. The molecule has 0 unspecified atom stereocenters. The summed E-state index contributed by atoms with van der Waals surface area (Å²) in [6, 6.07) is 5.78. The summed E-state index contributed by atoms with van der Waals surface area (Å²) in [6.07, 6.45) is 0. The first-order chi connectivity index (χ1) is 5.42. The van der Waals surface area contributed by atoms with Crippen LogP contribution in [0.3, 0.4) is 0 Å². The number of aliphatic hydroxyl groups excluding tert-OH is 1. The fourth-order valence-electron chi connectivity index (χ4n) is 1.07. The Morgan fingerprint density at radius 1 is 1.45 bits per heavy atom. The third-order valence-corrected chi connectivity index (χ3v) is 2.53. The molecule has 2 aromatic rings. The second-order valence-corrected chi connectivity index (χ2v) is 3.13. The first-order valence-corrected chi connectivity index (χ1v) is 4.22. The van der Waals surface area contributed by atoms with Crippen LogP contribution in [0.5, 0.6) is 0 Å². The van der Waals surface area contributed by atoms with Crippen molar-refractivity contribution in [2.24, 2.45) is 0 Å². The van der Waals surface area contributed by atoms with Crippen LogP contribution in [-0.2, 0) is 6.61 Å². The van der Waals surface area contributed by atoms with E-state index in [9.17, 15) is 0 Å². The van der Waals surface area contributed by atoms with Gasteiger partial charge in [-0.2, -0.15) is 0 Å². The van der Waals surface area contributed by atoms with Gasteiger partial charge in [-0.25, -0.2) is 4.98 Å². The van der Waals surface area contributed by atoms with Gasteiger partial charge in [-0.05, 0) is 11.6 Å². The SMILES string of the molecule is OCc1cccc2ncsc12. The van der Waals surface area contributed by atoms with Crippen molar-refractivity contribution >= 4 is 21.6 Å². The van der Waals surface area contributed by atoms with Crippen LogP contribution in [0.2, 0.25) is 0 Å². The van der Waals surface area contributed by atoms with E-state index < -0.39 is 0 Å². The summed E-state index contributed by atoms with van der Waals surface area (Å²) < 4.78 is 1.09. The van der Waals surface area contributed by atoms with Gasteiger partial charge in [-0.1, -0.05) is 12.1 Å². The van der Waals surface area contributed by atoms with E-state index in [0.717, 1.165) is 15.8 Å². The van der Waals surface area contributed by atoms with Crippen LogP contribution in [0.25, 0.3) is 10.2 Å². The predicted molar refractivity (Wildman–Crippen MR) is 45.5 cm³/mol. The minimum Gasteiger partial charge on any atom is -0.392 e. The third-order valence-electron chi connectivity index (χ3n) is 1.61. The molecule has 2 rings (SSSR count). The molecule has 0 aliphatic rings. The summed E-state index contributed by atoms with van der Waals surface area (Å²) in [5.41, 5.74) is 3.73. The fraction of sp³-hybridized carbons (Fsp3) is 0.125. The number of rotatable bonds is 1. The molecule has 0 aliphatic heterocycles. The maximum atomic E-state index is 8.93. The van der Waals surface area contributed by atoms with Gasteiger partial charge in [-0.3, -0.25) is 0 Å². The van der Waals surface area contributed by atoms with Crippen molar-refractivity contribution in [3.05, 3.63) is 29.3 Å². The number of hydrogen-bond donors (Lipinski definition) is 1. The summed E-state index contributed by atoms with van der Waals surface area (Å²) >= 11 is 1.57. The molecule has 2 nitrogen and oxygen atoms in total. The van der Waals surface area contributed by atoms with Crippen LogP contribution in [0.15, 0.2) is 23.7 Å². The molecule has 11 heavy (non-hydrogen) atoms. The highest BCUT2D eigenvalue weighted by molar-refractivity contribution is 7.16. The Hall–Kier alpha value is -0.930. The molecular formula is C8H7NOS. The maximum Gasteiger partial charge on any atom is 0.0815 e. The molecule has 1 heterocycles. The van der Waals surface area contributed by atoms with Crippen LogP contribution in [-0.4, -0.2) is 10.1 Å². The minimum absolute atomic E-state index is 0.0968. The standard InChI is InChI=1S/C8H7NOS/c10-4-6-2-1-3-7-8(6)11-5-9-7/h1-3,5,10H,4H2. The monoisotopic (exact) mass is 165 g/mol. The van der Waals surface area contributed by atoms with Crippen molar-refractivity contribution in [1.29, 1.82) is 0 Å². The second-order valence-electron chi connectivity index (χ2n) is 2.28. The van der Waals surface area contributed by atoms with E-state index in [0.29, 0.717) is 0 Å². The van der Waals surface area contributed by atoms with Gasteiger partial charge in [0.2, 0.25) is 0 Å². The number of benzene rings is 1. The van der Waals surface area contributed by atoms with Gasteiger partial charge in [-0.15, -0.1) is 11.3 Å².